The molecule has 0 atom stereocenters. The van der Waals surface area contributed by atoms with Gasteiger partial charge >= 0.3 is 6.18 Å². The SMILES string of the molecule is CN(CCC(F)(F)F)c1nnc(-c2cc(Br)ccc2F)s1. The zero-order chi connectivity index (χ0) is 15.6. The van der Waals surface area contributed by atoms with Crippen molar-refractivity contribution in [2.45, 2.75) is 12.6 Å². The second-order valence-corrected chi connectivity index (χ2v) is 6.17. The number of rotatable bonds is 4. The number of alkyl halides is 3. The van der Waals surface area contributed by atoms with Gasteiger partial charge < -0.3 is 4.90 Å². The van der Waals surface area contributed by atoms with Gasteiger partial charge in [-0.05, 0) is 18.2 Å². The van der Waals surface area contributed by atoms with Gasteiger partial charge in [0.05, 0.1) is 6.42 Å². The largest absolute Gasteiger partial charge is 0.390 e. The molecule has 2 rings (SSSR count). The van der Waals surface area contributed by atoms with Gasteiger partial charge in [0.2, 0.25) is 5.13 Å². The number of aromatic nitrogens is 2. The Balaban J connectivity index is 2.16. The number of anilines is 1. The van der Waals surface area contributed by atoms with E-state index in [1.807, 2.05) is 0 Å². The molecule has 1 heterocycles. The van der Waals surface area contributed by atoms with Crippen molar-refractivity contribution in [3.63, 3.8) is 0 Å². The number of nitrogens with zero attached hydrogens (tertiary/aromatic N) is 3. The van der Waals surface area contributed by atoms with E-state index < -0.39 is 18.4 Å². The minimum Gasteiger partial charge on any atom is -0.349 e. The van der Waals surface area contributed by atoms with Crippen LogP contribution in [0.5, 0.6) is 0 Å². The van der Waals surface area contributed by atoms with Crippen LogP contribution in [0.25, 0.3) is 10.6 Å². The van der Waals surface area contributed by atoms with Crippen LogP contribution in [0.15, 0.2) is 22.7 Å². The number of benzene rings is 1. The molecule has 1 aromatic heterocycles. The van der Waals surface area contributed by atoms with E-state index >= 15 is 0 Å². The lowest BCUT2D eigenvalue weighted by molar-refractivity contribution is -0.132. The van der Waals surface area contributed by atoms with Crippen molar-refractivity contribution in [2.24, 2.45) is 0 Å². The quantitative estimate of drug-likeness (QED) is 0.728. The molecule has 0 bridgehead atoms. The Morgan fingerprint density at radius 2 is 2.00 bits per heavy atom. The standard InChI is InChI=1S/C12H10BrF4N3S/c1-20(5-4-12(15,16)17)11-19-18-10(21-11)8-6-7(13)2-3-9(8)14/h2-3,6H,4-5H2,1H3. The third-order valence-electron chi connectivity index (χ3n) is 2.63. The van der Waals surface area contributed by atoms with E-state index in [0.29, 0.717) is 14.6 Å². The number of halogens is 5. The fourth-order valence-electron chi connectivity index (χ4n) is 1.53. The van der Waals surface area contributed by atoms with Crippen molar-refractivity contribution in [1.29, 1.82) is 0 Å². The van der Waals surface area contributed by atoms with Crippen molar-refractivity contribution in [3.8, 4) is 10.6 Å². The normalized spacial score (nSPS) is 11.7. The van der Waals surface area contributed by atoms with Gasteiger partial charge in [0.15, 0.2) is 5.01 Å². The monoisotopic (exact) mass is 383 g/mol. The van der Waals surface area contributed by atoms with Gasteiger partial charge in [-0.15, -0.1) is 10.2 Å². The fourth-order valence-corrected chi connectivity index (χ4v) is 2.74. The lowest BCUT2D eigenvalue weighted by atomic mass is 10.2. The molecule has 9 heteroatoms. The molecule has 0 aliphatic carbocycles. The Kier molecular flexibility index (Phi) is 4.82. The molecular formula is C12H10BrF4N3S. The summed E-state index contributed by atoms with van der Waals surface area (Å²) in [5.74, 6) is -0.459. The molecule has 0 radical (unpaired) electrons. The first-order valence-electron chi connectivity index (χ1n) is 5.83. The van der Waals surface area contributed by atoms with Crippen LogP contribution in [0.1, 0.15) is 6.42 Å². The zero-order valence-electron chi connectivity index (χ0n) is 10.8. The van der Waals surface area contributed by atoms with Crippen molar-refractivity contribution in [2.75, 3.05) is 18.5 Å². The highest BCUT2D eigenvalue weighted by Crippen LogP contribution is 2.32. The molecule has 0 N–H and O–H groups in total. The Bertz CT molecular complexity index is 629. The van der Waals surface area contributed by atoms with Gasteiger partial charge in [-0.1, -0.05) is 27.3 Å². The van der Waals surface area contributed by atoms with Gasteiger partial charge in [0.25, 0.3) is 0 Å². The smallest absolute Gasteiger partial charge is 0.349 e. The lowest BCUT2D eigenvalue weighted by Crippen LogP contribution is -2.23. The first kappa shape index (κ1) is 16.2. The second kappa shape index (κ2) is 6.27. The number of hydrogen-bond donors (Lipinski definition) is 0. The van der Waals surface area contributed by atoms with E-state index in [4.69, 9.17) is 0 Å². The van der Waals surface area contributed by atoms with Crippen LogP contribution in [0.3, 0.4) is 0 Å². The summed E-state index contributed by atoms with van der Waals surface area (Å²) in [5.41, 5.74) is 0.261. The number of hydrogen-bond acceptors (Lipinski definition) is 4. The van der Waals surface area contributed by atoms with Gasteiger partial charge in [-0.3, -0.25) is 0 Å². The van der Waals surface area contributed by atoms with Gasteiger partial charge in [0.1, 0.15) is 5.82 Å². The highest BCUT2D eigenvalue weighted by Gasteiger charge is 2.27. The molecule has 21 heavy (non-hydrogen) atoms. The van der Waals surface area contributed by atoms with E-state index in [0.717, 1.165) is 11.3 Å². The van der Waals surface area contributed by atoms with Crippen LogP contribution in [-0.4, -0.2) is 30.0 Å². The van der Waals surface area contributed by atoms with Gasteiger partial charge in [-0.2, -0.15) is 13.2 Å². The minimum absolute atomic E-state index is 0.223. The maximum atomic E-state index is 13.7. The summed E-state index contributed by atoms with van der Waals surface area (Å²) < 4.78 is 51.0. The highest BCUT2D eigenvalue weighted by molar-refractivity contribution is 9.10. The Morgan fingerprint density at radius 3 is 2.67 bits per heavy atom. The molecule has 0 saturated heterocycles. The van der Waals surface area contributed by atoms with Gasteiger partial charge in [-0.25, -0.2) is 4.39 Å². The van der Waals surface area contributed by atoms with Crippen LogP contribution in [0.4, 0.5) is 22.7 Å². The van der Waals surface area contributed by atoms with Crippen molar-refractivity contribution in [3.05, 3.63) is 28.5 Å². The fraction of sp³-hybridized carbons (Fsp3) is 0.333. The zero-order valence-corrected chi connectivity index (χ0v) is 13.2. The van der Waals surface area contributed by atoms with Crippen molar-refractivity contribution < 1.29 is 17.6 Å². The Labute approximate surface area is 130 Å². The molecule has 0 spiro atoms. The summed E-state index contributed by atoms with van der Waals surface area (Å²) in [4.78, 5) is 1.35. The average molecular weight is 384 g/mol. The maximum Gasteiger partial charge on any atom is 0.390 e. The van der Waals surface area contributed by atoms with Gasteiger partial charge in [0, 0.05) is 23.6 Å². The first-order valence-corrected chi connectivity index (χ1v) is 7.44. The van der Waals surface area contributed by atoms with Crippen LogP contribution >= 0.6 is 27.3 Å². The summed E-state index contributed by atoms with van der Waals surface area (Å²) >= 11 is 4.27. The summed E-state index contributed by atoms with van der Waals surface area (Å²) in [5, 5.41) is 8.28. The third-order valence-corrected chi connectivity index (χ3v) is 4.19. The molecular weight excluding hydrogens is 374 g/mol. The summed E-state index contributed by atoms with van der Waals surface area (Å²) in [6.07, 6.45) is -5.16. The van der Waals surface area contributed by atoms with Crippen molar-refractivity contribution in [1.82, 2.24) is 10.2 Å². The first-order chi connectivity index (χ1) is 9.76. The Hall–Kier alpha value is -1.22. The molecule has 2 aromatic rings. The van der Waals surface area contributed by atoms with Crippen LogP contribution < -0.4 is 4.90 Å². The molecule has 0 fully saturated rings. The molecule has 0 unspecified atom stereocenters. The summed E-state index contributed by atoms with van der Waals surface area (Å²) in [7, 11) is 1.49. The molecule has 114 valence electrons. The molecule has 0 aliphatic rings. The highest BCUT2D eigenvalue weighted by atomic mass is 79.9. The molecule has 0 aliphatic heterocycles. The molecule has 3 nitrogen and oxygen atoms in total. The molecule has 0 saturated carbocycles. The van der Waals surface area contributed by atoms with E-state index in [-0.39, 0.29) is 12.1 Å². The summed E-state index contributed by atoms with van der Waals surface area (Å²) in [6, 6.07) is 4.39. The van der Waals surface area contributed by atoms with E-state index in [9.17, 15) is 17.6 Å². The lowest BCUT2D eigenvalue weighted by Gasteiger charge is -2.15. The maximum absolute atomic E-state index is 13.7. The topological polar surface area (TPSA) is 29.0 Å². The minimum atomic E-state index is -4.22. The van der Waals surface area contributed by atoms with Crippen LogP contribution in [-0.2, 0) is 0 Å². The predicted octanol–water partition coefficient (Wildman–Crippen LogP) is 4.50. The second-order valence-electron chi connectivity index (χ2n) is 4.30. The Morgan fingerprint density at radius 1 is 1.29 bits per heavy atom. The average Bonchev–Trinajstić information content (AvgIpc) is 2.87. The van der Waals surface area contributed by atoms with E-state index in [1.165, 1.54) is 18.0 Å². The van der Waals surface area contributed by atoms with Crippen LogP contribution in [0.2, 0.25) is 0 Å². The molecule has 1 aromatic carbocycles. The van der Waals surface area contributed by atoms with Crippen LogP contribution in [0, 0.1) is 5.82 Å². The van der Waals surface area contributed by atoms with E-state index in [2.05, 4.69) is 26.1 Å². The predicted molar refractivity (Wildman–Crippen MR) is 76.9 cm³/mol. The van der Waals surface area contributed by atoms with E-state index in [1.54, 1.807) is 12.1 Å². The van der Waals surface area contributed by atoms with Crippen molar-refractivity contribution >= 4 is 32.4 Å². The third kappa shape index (κ3) is 4.37. The summed E-state index contributed by atoms with van der Waals surface area (Å²) in [6.45, 7) is -0.223. The molecule has 0 amide bonds.